The van der Waals surface area contributed by atoms with Crippen LogP contribution in [0.15, 0.2) is 40.9 Å². The molecule has 0 fully saturated rings. The molecule has 2 aromatic carbocycles. The second kappa shape index (κ2) is 6.05. The quantitative estimate of drug-likeness (QED) is 0.878. The van der Waals surface area contributed by atoms with Crippen LogP contribution in [0.3, 0.4) is 0 Å². The molecule has 0 saturated heterocycles. The lowest BCUT2D eigenvalue weighted by Gasteiger charge is -2.10. The third-order valence-electron chi connectivity index (χ3n) is 2.58. The number of nitrogens with zero attached hydrogens (tertiary/aromatic N) is 1. The van der Waals surface area contributed by atoms with Crippen LogP contribution in [0.25, 0.3) is 0 Å². The van der Waals surface area contributed by atoms with Gasteiger partial charge in [0.25, 0.3) is 0 Å². The Hall–Kier alpha value is -1.57. The van der Waals surface area contributed by atoms with Crippen LogP contribution < -0.4 is 5.32 Å². The molecule has 0 aromatic heterocycles. The lowest BCUT2D eigenvalue weighted by Crippen LogP contribution is -2.02. The third-order valence-corrected chi connectivity index (χ3v) is 3.44. The number of halogens is 3. The summed E-state index contributed by atoms with van der Waals surface area (Å²) in [5.41, 5.74) is 1.85. The first-order valence-electron chi connectivity index (χ1n) is 5.47. The molecule has 2 aromatic rings. The fourth-order valence-electron chi connectivity index (χ4n) is 1.63. The average Bonchev–Trinajstić information content (AvgIpc) is 2.40. The van der Waals surface area contributed by atoms with E-state index >= 15 is 0 Å². The predicted octanol–water partition coefficient (Wildman–Crippen LogP) is 4.73. The molecule has 2 nitrogen and oxygen atoms in total. The zero-order valence-electron chi connectivity index (χ0n) is 9.75. The minimum absolute atomic E-state index is 0.336. The number of anilines is 1. The molecular formula is C14H9BrClFN2. The zero-order chi connectivity index (χ0) is 13.8. The van der Waals surface area contributed by atoms with E-state index < -0.39 is 0 Å². The van der Waals surface area contributed by atoms with Crippen LogP contribution in [0.4, 0.5) is 10.1 Å². The lowest BCUT2D eigenvalue weighted by molar-refractivity contribution is 0.626. The fraction of sp³-hybridized carbons (Fsp3) is 0.0714. The van der Waals surface area contributed by atoms with Gasteiger partial charge in [-0.2, -0.15) is 5.26 Å². The van der Waals surface area contributed by atoms with E-state index in [1.165, 1.54) is 18.2 Å². The Morgan fingerprint density at radius 2 is 2.05 bits per heavy atom. The van der Waals surface area contributed by atoms with Crippen molar-refractivity contribution >= 4 is 33.2 Å². The van der Waals surface area contributed by atoms with E-state index in [0.29, 0.717) is 28.4 Å². The van der Waals surface area contributed by atoms with E-state index in [1.54, 1.807) is 12.1 Å². The monoisotopic (exact) mass is 338 g/mol. The van der Waals surface area contributed by atoms with Crippen LogP contribution in [0, 0.1) is 17.1 Å². The number of nitrogens with one attached hydrogen (secondary N) is 1. The van der Waals surface area contributed by atoms with Crippen LogP contribution in [-0.2, 0) is 6.54 Å². The molecule has 0 spiro atoms. The van der Waals surface area contributed by atoms with Gasteiger partial charge in [0.05, 0.1) is 11.3 Å². The van der Waals surface area contributed by atoms with Crippen LogP contribution in [-0.4, -0.2) is 0 Å². The molecular weight excluding hydrogens is 331 g/mol. The molecule has 0 amide bonds. The summed E-state index contributed by atoms with van der Waals surface area (Å²) in [4.78, 5) is 0. The highest BCUT2D eigenvalue weighted by Crippen LogP contribution is 2.23. The highest BCUT2D eigenvalue weighted by atomic mass is 79.9. The van der Waals surface area contributed by atoms with E-state index in [4.69, 9.17) is 16.9 Å². The standard InChI is InChI=1S/C14H9BrClFN2/c15-11-1-4-14(9(5-11)7-18)19-8-10-6-12(17)2-3-13(10)16/h1-6,19H,8H2. The second-order valence-electron chi connectivity index (χ2n) is 3.89. The van der Waals surface area contributed by atoms with Crippen molar-refractivity contribution in [1.82, 2.24) is 0 Å². The minimum atomic E-state index is -0.336. The molecule has 0 unspecified atom stereocenters. The van der Waals surface area contributed by atoms with E-state index in [2.05, 4.69) is 27.3 Å². The predicted molar refractivity (Wildman–Crippen MR) is 77.6 cm³/mol. The molecule has 0 bridgehead atoms. The number of nitriles is 1. The maximum atomic E-state index is 13.1. The highest BCUT2D eigenvalue weighted by molar-refractivity contribution is 9.10. The smallest absolute Gasteiger partial charge is 0.123 e. The van der Waals surface area contributed by atoms with E-state index in [-0.39, 0.29) is 5.82 Å². The molecule has 0 aliphatic rings. The van der Waals surface area contributed by atoms with E-state index in [9.17, 15) is 4.39 Å². The first-order chi connectivity index (χ1) is 9.10. The van der Waals surface area contributed by atoms with Crippen molar-refractivity contribution in [2.45, 2.75) is 6.54 Å². The average molecular weight is 340 g/mol. The zero-order valence-corrected chi connectivity index (χ0v) is 12.1. The van der Waals surface area contributed by atoms with Gasteiger partial charge in [-0.05, 0) is 42.0 Å². The molecule has 1 N–H and O–H groups in total. The summed E-state index contributed by atoms with van der Waals surface area (Å²) < 4.78 is 14.0. The Balaban J connectivity index is 2.19. The summed E-state index contributed by atoms with van der Waals surface area (Å²) in [5, 5.41) is 12.6. The first kappa shape index (κ1) is 13.9. The molecule has 0 heterocycles. The fourth-order valence-corrected chi connectivity index (χ4v) is 2.18. The first-order valence-corrected chi connectivity index (χ1v) is 6.64. The maximum Gasteiger partial charge on any atom is 0.123 e. The summed E-state index contributed by atoms with van der Waals surface area (Å²) in [6.07, 6.45) is 0. The number of hydrogen-bond acceptors (Lipinski definition) is 2. The van der Waals surface area contributed by atoms with E-state index in [0.717, 1.165) is 4.47 Å². The van der Waals surface area contributed by atoms with Gasteiger partial charge in [0, 0.05) is 16.0 Å². The Kier molecular flexibility index (Phi) is 4.41. The molecule has 0 aliphatic carbocycles. The molecule has 96 valence electrons. The summed E-state index contributed by atoms with van der Waals surface area (Å²) in [6.45, 7) is 0.354. The minimum Gasteiger partial charge on any atom is -0.380 e. The van der Waals surface area contributed by atoms with Crippen LogP contribution in [0.1, 0.15) is 11.1 Å². The van der Waals surface area contributed by atoms with Crippen molar-refractivity contribution < 1.29 is 4.39 Å². The highest BCUT2D eigenvalue weighted by Gasteiger charge is 2.05. The molecule has 5 heteroatoms. The SMILES string of the molecule is N#Cc1cc(Br)ccc1NCc1cc(F)ccc1Cl. The van der Waals surface area contributed by atoms with Gasteiger partial charge < -0.3 is 5.32 Å². The second-order valence-corrected chi connectivity index (χ2v) is 5.21. The summed E-state index contributed by atoms with van der Waals surface area (Å²) >= 11 is 9.29. The number of benzene rings is 2. The van der Waals surface area contributed by atoms with Crippen molar-refractivity contribution in [3.8, 4) is 6.07 Å². The lowest BCUT2D eigenvalue weighted by atomic mass is 10.1. The van der Waals surface area contributed by atoms with Crippen molar-refractivity contribution in [1.29, 1.82) is 5.26 Å². The molecule has 0 radical (unpaired) electrons. The Morgan fingerprint density at radius 1 is 1.26 bits per heavy atom. The van der Waals surface area contributed by atoms with Gasteiger partial charge in [0.2, 0.25) is 0 Å². The molecule has 19 heavy (non-hydrogen) atoms. The van der Waals surface area contributed by atoms with Gasteiger partial charge >= 0.3 is 0 Å². The van der Waals surface area contributed by atoms with Gasteiger partial charge in [-0.15, -0.1) is 0 Å². The van der Waals surface area contributed by atoms with Gasteiger partial charge in [0.15, 0.2) is 0 Å². The molecule has 0 saturated carbocycles. The van der Waals surface area contributed by atoms with Crippen LogP contribution in [0.2, 0.25) is 5.02 Å². The Morgan fingerprint density at radius 3 is 2.79 bits per heavy atom. The molecule has 0 aliphatic heterocycles. The van der Waals surface area contributed by atoms with Gasteiger partial charge in [-0.1, -0.05) is 27.5 Å². The topological polar surface area (TPSA) is 35.8 Å². The maximum absolute atomic E-state index is 13.1. The van der Waals surface area contributed by atoms with Crippen LogP contribution in [0.5, 0.6) is 0 Å². The van der Waals surface area contributed by atoms with Crippen molar-refractivity contribution in [2.75, 3.05) is 5.32 Å². The van der Waals surface area contributed by atoms with Crippen molar-refractivity contribution in [2.24, 2.45) is 0 Å². The van der Waals surface area contributed by atoms with Crippen LogP contribution >= 0.6 is 27.5 Å². The largest absolute Gasteiger partial charge is 0.380 e. The van der Waals surface area contributed by atoms with Gasteiger partial charge in [0.1, 0.15) is 11.9 Å². The molecule has 0 atom stereocenters. The molecule has 2 rings (SSSR count). The summed E-state index contributed by atoms with van der Waals surface area (Å²) in [6, 6.07) is 11.6. The van der Waals surface area contributed by atoms with Gasteiger partial charge in [-0.25, -0.2) is 4.39 Å². The summed E-state index contributed by atoms with van der Waals surface area (Å²) in [7, 11) is 0. The summed E-state index contributed by atoms with van der Waals surface area (Å²) in [5.74, 6) is -0.336. The number of rotatable bonds is 3. The van der Waals surface area contributed by atoms with Crippen molar-refractivity contribution in [3.05, 3.63) is 62.8 Å². The van der Waals surface area contributed by atoms with Gasteiger partial charge in [-0.3, -0.25) is 0 Å². The van der Waals surface area contributed by atoms with Crippen molar-refractivity contribution in [3.63, 3.8) is 0 Å². The van der Waals surface area contributed by atoms with E-state index in [1.807, 2.05) is 6.07 Å². The third kappa shape index (κ3) is 3.46. The Bertz CT molecular complexity index is 652. The number of hydrogen-bond donors (Lipinski definition) is 1. The normalized spacial score (nSPS) is 10.0. The Labute approximate surface area is 123 Å².